The number of morpholine rings is 1. The molecule has 2 aromatic carbocycles. The van der Waals surface area contributed by atoms with Gasteiger partial charge >= 0.3 is 0 Å². The van der Waals surface area contributed by atoms with Crippen LogP contribution in [0.15, 0.2) is 69.9 Å². The molecular formula is C26H32N4O3S2. The molecule has 3 heterocycles. The number of nitrogens with zero attached hydrogens (tertiary/aromatic N) is 4. The average molecular weight is 513 g/mol. The van der Waals surface area contributed by atoms with Crippen molar-refractivity contribution in [2.45, 2.75) is 30.7 Å². The topological polar surface area (TPSA) is 67.1 Å². The third kappa shape index (κ3) is 5.76. The van der Waals surface area contributed by atoms with Gasteiger partial charge in [-0.05, 0) is 37.1 Å². The first kappa shape index (κ1) is 24.4. The molecule has 0 aliphatic carbocycles. The number of piperidine rings is 1. The summed E-state index contributed by atoms with van der Waals surface area (Å²) in [5, 5.41) is 2.09. The van der Waals surface area contributed by atoms with Gasteiger partial charge in [0.2, 0.25) is 10.0 Å². The van der Waals surface area contributed by atoms with Crippen LogP contribution in [0.4, 0.5) is 5.69 Å². The standard InChI is InChI=1S/C26H32N4O3S2/c31-35(32,29-12-5-2-6-13-29)24-11-7-8-22(20-24)25-21-34-26(27-23-9-3-1-4-10-23)30(25)15-14-28-16-18-33-19-17-28/h1,3-4,7-11,20-21H,2,5-6,12-19H2. The number of para-hydroxylation sites is 1. The molecule has 2 aliphatic rings. The first-order valence-corrected chi connectivity index (χ1v) is 14.6. The summed E-state index contributed by atoms with van der Waals surface area (Å²) in [6.07, 6.45) is 2.95. The van der Waals surface area contributed by atoms with Crippen LogP contribution in [0.3, 0.4) is 0 Å². The molecule has 186 valence electrons. The number of hydrogen-bond acceptors (Lipinski definition) is 6. The molecule has 0 amide bonds. The zero-order valence-corrected chi connectivity index (χ0v) is 21.5. The summed E-state index contributed by atoms with van der Waals surface area (Å²) in [4.78, 5) is 8.58. The second-order valence-electron chi connectivity index (χ2n) is 8.95. The van der Waals surface area contributed by atoms with Crippen molar-refractivity contribution in [2.24, 2.45) is 4.99 Å². The Morgan fingerprint density at radius 2 is 1.66 bits per heavy atom. The van der Waals surface area contributed by atoms with Crippen LogP contribution >= 0.6 is 11.3 Å². The van der Waals surface area contributed by atoms with E-state index >= 15 is 0 Å². The van der Waals surface area contributed by atoms with Crippen LogP contribution in [0, 0.1) is 0 Å². The lowest BCUT2D eigenvalue weighted by Crippen LogP contribution is -2.39. The van der Waals surface area contributed by atoms with Crippen molar-refractivity contribution in [1.82, 2.24) is 13.8 Å². The second kappa shape index (κ2) is 11.2. The molecule has 0 N–H and O–H groups in total. The average Bonchev–Trinajstić information content (AvgIpc) is 3.31. The highest BCUT2D eigenvalue weighted by Gasteiger charge is 2.26. The molecule has 2 saturated heterocycles. The molecule has 0 radical (unpaired) electrons. The minimum absolute atomic E-state index is 0.365. The lowest BCUT2D eigenvalue weighted by molar-refractivity contribution is 0.0363. The minimum Gasteiger partial charge on any atom is -0.379 e. The minimum atomic E-state index is -3.49. The van der Waals surface area contributed by atoms with E-state index in [0.717, 1.165) is 80.4 Å². The molecule has 0 unspecified atom stereocenters. The third-order valence-electron chi connectivity index (χ3n) is 6.60. The molecule has 9 heteroatoms. The molecule has 5 rings (SSSR count). The number of thiazole rings is 1. The number of benzene rings is 2. The van der Waals surface area contributed by atoms with Crippen LogP contribution in [0.25, 0.3) is 11.3 Å². The molecule has 7 nitrogen and oxygen atoms in total. The van der Waals surface area contributed by atoms with Gasteiger partial charge in [0.05, 0.1) is 29.5 Å². The SMILES string of the molecule is O=S(=O)(c1cccc(-c2csc(=Nc3ccccc3)n2CCN2CCOCC2)c1)N1CCCCC1. The van der Waals surface area contributed by atoms with Gasteiger partial charge in [0.1, 0.15) is 0 Å². The molecule has 3 aromatic rings. The van der Waals surface area contributed by atoms with Crippen LogP contribution in [0.5, 0.6) is 0 Å². The van der Waals surface area contributed by atoms with Gasteiger partial charge in [-0.15, -0.1) is 11.3 Å². The van der Waals surface area contributed by atoms with Crippen LogP contribution in [-0.2, 0) is 21.3 Å². The second-order valence-corrected chi connectivity index (χ2v) is 11.7. The molecule has 0 bridgehead atoms. The van der Waals surface area contributed by atoms with Crippen molar-refractivity contribution < 1.29 is 13.2 Å². The van der Waals surface area contributed by atoms with Gasteiger partial charge in [-0.25, -0.2) is 13.4 Å². The number of sulfonamides is 1. The Morgan fingerprint density at radius 3 is 2.43 bits per heavy atom. The quantitative estimate of drug-likeness (QED) is 0.481. The number of aromatic nitrogens is 1. The molecule has 2 aliphatic heterocycles. The van der Waals surface area contributed by atoms with Crippen molar-refractivity contribution in [3.8, 4) is 11.3 Å². The van der Waals surface area contributed by atoms with Crippen molar-refractivity contribution >= 4 is 27.0 Å². The Kier molecular flexibility index (Phi) is 7.79. The smallest absolute Gasteiger partial charge is 0.243 e. The number of rotatable bonds is 7. The molecular weight excluding hydrogens is 480 g/mol. The fraction of sp³-hybridized carbons (Fsp3) is 0.423. The highest BCUT2D eigenvalue weighted by molar-refractivity contribution is 7.89. The maximum Gasteiger partial charge on any atom is 0.243 e. The molecule has 35 heavy (non-hydrogen) atoms. The molecule has 2 fully saturated rings. The van der Waals surface area contributed by atoms with Crippen LogP contribution in [0.2, 0.25) is 0 Å². The zero-order valence-electron chi connectivity index (χ0n) is 19.9. The van der Waals surface area contributed by atoms with E-state index in [1.807, 2.05) is 48.5 Å². The van der Waals surface area contributed by atoms with Gasteiger partial charge in [0.15, 0.2) is 4.80 Å². The summed E-state index contributed by atoms with van der Waals surface area (Å²) in [6.45, 7) is 6.24. The zero-order chi connectivity index (χ0) is 24.1. The lowest BCUT2D eigenvalue weighted by atomic mass is 10.2. The fourth-order valence-electron chi connectivity index (χ4n) is 4.61. The summed E-state index contributed by atoms with van der Waals surface area (Å²) in [5.74, 6) is 0. The van der Waals surface area contributed by atoms with Crippen molar-refractivity contribution in [3.05, 3.63) is 64.8 Å². The van der Waals surface area contributed by atoms with Gasteiger partial charge < -0.3 is 9.30 Å². The molecule has 0 atom stereocenters. The normalized spacial score (nSPS) is 18.7. The maximum absolute atomic E-state index is 13.3. The van der Waals surface area contributed by atoms with Gasteiger partial charge in [0, 0.05) is 50.2 Å². The van der Waals surface area contributed by atoms with E-state index < -0.39 is 10.0 Å². The summed E-state index contributed by atoms with van der Waals surface area (Å²) in [7, 11) is -3.49. The van der Waals surface area contributed by atoms with Crippen LogP contribution in [-0.4, -0.2) is 68.1 Å². The summed E-state index contributed by atoms with van der Waals surface area (Å²) in [5.41, 5.74) is 2.80. The van der Waals surface area contributed by atoms with Gasteiger partial charge in [0.25, 0.3) is 0 Å². The maximum atomic E-state index is 13.3. The fourth-order valence-corrected chi connectivity index (χ4v) is 7.13. The predicted molar refractivity (Wildman–Crippen MR) is 139 cm³/mol. The Labute approximate surface area is 211 Å². The van der Waals surface area contributed by atoms with Gasteiger partial charge in [-0.2, -0.15) is 4.31 Å². The van der Waals surface area contributed by atoms with E-state index in [1.54, 1.807) is 21.7 Å². The Bertz CT molecular complexity index is 1290. The largest absolute Gasteiger partial charge is 0.379 e. The highest BCUT2D eigenvalue weighted by Crippen LogP contribution is 2.27. The van der Waals surface area contributed by atoms with Crippen molar-refractivity contribution in [2.75, 3.05) is 45.9 Å². The first-order valence-electron chi connectivity index (χ1n) is 12.3. The van der Waals surface area contributed by atoms with Gasteiger partial charge in [-0.1, -0.05) is 36.8 Å². The van der Waals surface area contributed by atoms with E-state index in [0.29, 0.717) is 18.0 Å². The van der Waals surface area contributed by atoms with E-state index in [-0.39, 0.29) is 0 Å². The van der Waals surface area contributed by atoms with E-state index in [9.17, 15) is 8.42 Å². The Hall–Kier alpha value is -2.30. The highest BCUT2D eigenvalue weighted by atomic mass is 32.2. The third-order valence-corrected chi connectivity index (χ3v) is 9.36. The predicted octanol–water partition coefficient (Wildman–Crippen LogP) is 3.96. The summed E-state index contributed by atoms with van der Waals surface area (Å²) >= 11 is 1.59. The number of ether oxygens (including phenoxy) is 1. The number of hydrogen-bond donors (Lipinski definition) is 0. The van der Waals surface area contributed by atoms with E-state index in [4.69, 9.17) is 9.73 Å². The Morgan fingerprint density at radius 1 is 0.886 bits per heavy atom. The molecule has 0 saturated carbocycles. The molecule has 1 aromatic heterocycles. The van der Waals surface area contributed by atoms with Crippen LogP contribution < -0.4 is 4.80 Å². The van der Waals surface area contributed by atoms with Gasteiger partial charge in [-0.3, -0.25) is 4.90 Å². The van der Waals surface area contributed by atoms with E-state index in [2.05, 4.69) is 14.8 Å². The molecule has 0 spiro atoms. The Balaban J connectivity index is 1.50. The van der Waals surface area contributed by atoms with Crippen LogP contribution in [0.1, 0.15) is 19.3 Å². The van der Waals surface area contributed by atoms with E-state index in [1.165, 1.54) is 0 Å². The summed E-state index contributed by atoms with van der Waals surface area (Å²) < 4.78 is 36.0. The lowest BCUT2D eigenvalue weighted by Gasteiger charge is -2.27. The first-order chi connectivity index (χ1) is 17.1. The monoisotopic (exact) mass is 512 g/mol. The summed E-state index contributed by atoms with van der Waals surface area (Å²) in [6, 6.07) is 17.3. The van der Waals surface area contributed by atoms with Crippen molar-refractivity contribution in [1.29, 1.82) is 0 Å². The van der Waals surface area contributed by atoms with Crippen molar-refractivity contribution in [3.63, 3.8) is 0 Å².